The van der Waals surface area contributed by atoms with E-state index in [4.69, 9.17) is 11.6 Å². The maximum absolute atomic E-state index is 11.6. The van der Waals surface area contributed by atoms with Crippen LogP contribution in [0.4, 0.5) is 5.69 Å². The third-order valence-electron chi connectivity index (χ3n) is 2.17. The highest BCUT2D eigenvalue weighted by Gasteiger charge is 2.08. The molecule has 4 heteroatoms. The number of nitrogens with one attached hydrogen (secondary N) is 1. The van der Waals surface area contributed by atoms with Gasteiger partial charge in [0, 0.05) is 6.42 Å². The molecule has 1 rings (SSSR count). The Labute approximate surface area is 110 Å². The topological polar surface area (TPSA) is 29.1 Å². The molecule has 0 spiro atoms. The Kier molecular flexibility index (Phi) is 5.29. The van der Waals surface area contributed by atoms with Crippen molar-refractivity contribution in [3.05, 3.63) is 27.7 Å². The van der Waals surface area contributed by atoms with Crippen molar-refractivity contribution in [1.29, 1.82) is 0 Å². The van der Waals surface area contributed by atoms with E-state index < -0.39 is 0 Å². The smallest absolute Gasteiger partial charge is 0.224 e. The Hall–Kier alpha value is -0.540. The highest BCUT2D eigenvalue weighted by molar-refractivity contribution is 9.10. The van der Waals surface area contributed by atoms with Crippen LogP contribution in [0.15, 0.2) is 22.7 Å². The molecule has 0 aliphatic carbocycles. The molecule has 0 unspecified atom stereocenters. The molecular weight excluding hydrogens is 289 g/mol. The van der Waals surface area contributed by atoms with Crippen LogP contribution in [0.1, 0.15) is 26.7 Å². The molecule has 0 saturated heterocycles. The Morgan fingerprint density at radius 3 is 2.81 bits per heavy atom. The Morgan fingerprint density at radius 2 is 2.19 bits per heavy atom. The van der Waals surface area contributed by atoms with Crippen LogP contribution in [0.5, 0.6) is 0 Å². The second-order valence-corrected chi connectivity index (χ2v) is 5.28. The molecule has 1 aromatic carbocycles. The van der Waals surface area contributed by atoms with Crippen molar-refractivity contribution in [2.24, 2.45) is 5.92 Å². The quantitative estimate of drug-likeness (QED) is 0.873. The summed E-state index contributed by atoms with van der Waals surface area (Å²) in [5, 5.41) is 3.43. The second-order valence-electron chi connectivity index (χ2n) is 4.08. The number of carbonyl (C=O) groups is 1. The second kappa shape index (κ2) is 6.26. The van der Waals surface area contributed by atoms with Crippen LogP contribution in [-0.4, -0.2) is 5.91 Å². The summed E-state index contributed by atoms with van der Waals surface area (Å²) in [6.07, 6.45) is 1.43. The van der Waals surface area contributed by atoms with Gasteiger partial charge < -0.3 is 5.32 Å². The molecule has 1 aromatic rings. The third kappa shape index (κ3) is 4.14. The summed E-state index contributed by atoms with van der Waals surface area (Å²) in [5.74, 6) is 0.560. The number of amides is 1. The van der Waals surface area contributed by atoms with Gasteiger partial charge in [-0.05, 0) is 40.4 Å². The number of halogens is 2. The first-order valence-electron chi connectivity index (χ1n) is 5.24. The number of benzene rings is 1. The van der Waals surface area contributed by atoms with Gasteiger partial charge in [-0.15, -0.1) is 0 Å². The summed E-state index contributed by atoms with van der Waals surface area (Å²) in [7, 11) is 0. The minimum atomic E-state index is 0.0247. The Balaban J connectivity index is 2.59. The highest BCUT2D eigenvalue weighted by atomic mass is 79.9. The van der Waals surface area contributed by atoms with Crippen LogP contribution in [0, 0.1) is 5.92 Å². The molecule has 0 aromatic heterocycles. The minimum Gasteiger partial charge on any atom is -0.325 e. The van der Waals surface area contributed by atoms with Crippen LogP contribution >= 0.6 is 27.5 Å². The summed E-state index contributed by atoms with van der Waals surface area (Å²) in [5.41, 5.74) is 0.723. The Bertz CT molecular complexity index is 379. The van der Waals surface area contributed by atoms with Crippen molar-refractivity contribution >= 4 is 39.1 Å². The maximum Gasteiger partial charge on any atom is 0.224 e. The number of carbonyl (C=O) groups excluding carboxylic acids is 1. The van der Waals surface area contributed by atoms with Gasteiger partial charge in [0.25, 0.3) is 0 Å². The molecule has 0 radical (unpaired) electrons. The van der Waals surface area contributed by atoms with Crippen molar-refractivity contribution in [3.63, 3.8) is 0 Å². The van der Waals surface area contributed by atoms with E-state index in [0.29, 0.717) is 17.4 Å². The van der Waals surface area contributed by atoms with E-state index in [2.05, 4.69) is 35.1 Å². The van der Waals surface area contributed by atoms with Gasteiger partial charge >= 0.3 is 0 Å². The molecule has 2 nitrogen and oxygen atoms in total. The molecule has 0 fully saturated rings. The first kappa shape index (κ1) is 13.5. The number of hydrogen-bond donors (Lipinski definition) is 1. The van der Waals surface area contributed by atoms with Crippen molar-refractivity contribution in [3.8, 4) is 0 Å². The van der Waals surface area contributed by atoms with Crippen molar-refractivity contribution in [2.75, 3.05) is 5.32 Å². The fourth-order valence-corrected chi connectivity index (χ4v) is 1.77. The van der Waals surface area contributed by atoms with Gasteiger partial charge in [-0.25, -0.2) is 0 Å². The lowest BCUT2D eigenvalue weighted by Gasteiger charge is -2.09. The first-order valence-corrected chi connectivity index (χ1v) is 6.41. The van der Waals surface area contributed by atoms with Crippen LogP contribution in [-0.2, 0) is 4.79 Å². The van der Waals surface area contributed by atoms with Gasteiger partial charge in [0.15, 0.2) is 0 Å². The average Bonchev–Trinajstić information content (AvgIpc) is 2.22. The van der Waals surface area contributed by atoms with Crippen LogP contribution < -0.4 is 5.32 Å². The van der Waals surface area contributed by atoms with E-state index in [1.54, 1.807) is 6.07 Å². The molecule has 16 heavy (non-hydrogen) atoms. The molecule has 0 heterocycles. The number of rotatable bonds is 4. The third-order valence-corrected chi connectivity index (χ3v) is 3.57. The average molecular weight is 305 g/mol. The van der Waals surface area contributed by atoms with E-state index in [9.17, 15) is 4.79 Å². The summed E-state index contributed by atoms with van der Waals surface area (Å²) in [6.45, 7) is 4.20. The standard InChI is InChI=1S/C12H15BrClNO/c1-8(2)6-7-11(16)15-10-5-3-4-9(14)12(10)13/h3-5,8H,6-7H2,1-2H3,(H,15,16). The van der Waals surface area contributed by atoms with Crippen molar-refractivity contribution in [1.82, 2.24) is 0 Å². The van der Waals surface area contributed by atoms with Crippen LogP contribution in [0.2, 0.25) is 5.02 Å². The van der Waals surface area contributed by atoms with Crippen molar-refractivity contribution in [2.45, 2.75) is 26.7 Å². The van der Waals surface area contributed by atoms with E-state index in [-0.39, 0.29) is 5.91 Å². The van der Waals surface area contributed by atoms with Gasteiger partial charge in [-0.1, -0.05) is 31.5 Å². The fraction of sp³-hybridized carbons (Fsp3) is 0.417. The summed E-state index contributed by atoms with van der Waals surface area (Å²) < 4.78 is 0.731. The lowest BCUT2D eigenvalue weighted by molar-refractivity contribution is -0.116. The van der Waals surface area contributed by atoms with Gasteiger partial charge in [0.05, 0.1) is 15.2 Å². The highest BCUT2D eigenvalue weighted by Crippen LogP contribution is 2.30. The monoisotopic (exact) mass is 303 g/mol. The van der Waals surface area contributed by atoms with E-state index >= 15 is 0 Å². The lowest BCUT2D eigenvalue weighted by Crippen LogP contribution is -2.12. The summed E-state index contributed by atoms with van der Waals surface area (Å²) in [4.78, 5) is 11.6. The molecule has 0 aliphatic rings. The minimum absolute atomic E-state index is 0.0247. The molecule has 1 N–H and O–H groups in total. The van der Waals surface area contributed by atoms with Crippen molar-refractivity contribution < 1.29 is 4.79 Å². The predicted molar refractivity (Wildman–Crippen MR) is 71.9 cm³/mol. The normalized spacial score (nSPS) is 10.6. The van der Waals surface area contributed by atoms with Crippen LogP contribution in [0.3, 0.4) is 0 Å². The van der Waals surface area contributed by atoms with Gasteiger partial charge in [0.2, 0.25) is 5.91 Å². The summed E-state index contributed by atoms with van der Waals surface area (Å²) >= 11 is 9.27. The molecule has 0 atom stereocenters. The largest absolute Gasteiger partial charge is 0.325 e. The molecule has 0 saturated carbocycles. The summed E-state index contributed by atoms with van der Waals surface area (Å²) in [6, 6.07) is 5.41. The van der Waals surface area contributed by atoms with Crippen LogP contribution in [0.25, 0.3) is 0 Å². The zero-order valence-electron chi connectivity index (χ0n) is 9.39. The molecule has 1 amide bonds. The molecule has 88 valence electrons. The van der Waals surface area contributed by atoms with Gasteiger partial charge in [-0.3, -0.25) is 4.79 Å². The predicted octanol–water partition coefficient (Wildman–Crippen LogP) is 4.48. The fourth-order valence-electron chi connectivity index (χ4n) is 1.23. The molecule has 0 bridgehead atoms. The Morgan fingerprint density at radius 1 is 1.50 bits per heavy atom. The number of hydrogen-bond acceptors (Lipinski definition) is 1. The SMILES string of the molecule is CC(C)CCC(=O)Nc1cccc(Cl)c1Br. The van der Waals surface area contributed by atoms with E-state index in [1.165, 1.54) is 0 Å². The van der Waals surface area contributed by atoms with E-state index in [1.807, 2.05) is 12.1 Å². The first-order chi connectivity index (χ1) is 7.50. The lowest BCUT2D eigenvalue weighted by atomic mass is 10.1. The van der Waals surface area contributed by atoms with E-state index in [0.717, 1.165) is 16.6 Å². The van der Waals surface area contributed by atoms with Gasteiger partial charge in [-0.2, -0.15) is 0 Å². The molecule has 0 aliphatic heterocycles. The maximum atomic E-state index is 11.6. The zero-order chi connectivity index (χ0) is 12.1. The number of anilines is 1. The van der Waals surface area contributed by atoms with Gasteiger partial charge in [0.1, 0.15) is 0 Å². The zero-order valence-corrected chi connectivity index (χ0v) is 11.7. The molecular formula is C12H15BrClNO.